The molecule has 2 heterocycles. The molecule has 1 fully saturated rings. The van der Waals surface area contributed by atoms with Gasteiger partial charge in [0.1, 0.15) is 5.76 Å². The Hall–Kier alpha value is -2.11. The van der Waals surface area contributed by atoms with Crippen LogP contribution in [0.4, 0.5) is 0 Å². The molecule has 25 heavy (non-hydrogen) atoms. The van der Waals surface area contributed by atoms with Gasteiger partial charge in [0.15, 0.2) is 5.76 Å². The van der Waals surface area contributed by atoms with Crippen molar-refractivity contribution in [3.63, 3.8) is 0 Å². The van der Waals surface area contributed by atoms with Crippen LogP contribution in [0.15, 0.2) is 40.8 Å². The van der Waals surface area contributed by atoms with Crippen LogP contribution in [0.2, 0.25) is 0 Å². The third-order valence-electron chi connectivity index (χ3n) is 4.62. The number of furan rings is 1. The van der Waals surface area contributed by atoms with Crippen molar-refractivity contribution in [2.75, 3.05) is 39.3 Å². The van der Waals surface area contributed by atoms with Crippen LogP contribution in [0.5, 0.6) is 0 Å². The first-order valence-electron chi connectivity index (χ1n) is 9.16. The molecule has 0 spiro atoms. The highest BCUT2D eigenvalue weighted by atomic mass is 16.3. The first-order chi connectivity index (χ1) is 12.3. The summed E-state index contributed by atoms with van der Waals surface area (Å²) in [6, 6.07) is 11.9. The summed E-state index contributed by atoms with van der Waals surface area (Å²) < 4.78 is 5.72. The standard InChI is InChI=1S/C20H27N3O2/c1-2-16-4-6-17(7-5-16)18-8-9-19(25-18)20(24)22-10-3-13-23-14-11-21-12-15-23/h4-9,21H,2-3,10-15H2,1H3,(H,22,24). The van der Waals surface area contributed by atoms with Gasteiger partial charge in [0.05, 0.1) is 0 Å². The van der Waals surface area contributed by atoms with Crippen molar-refractivity contribution in [1.82, 2.24) is 15.5 Å². The molecule has 1 aromatic carbocycles. The summed E-state index contributed by atoms with van der Waals surface area (Å²) in [5.74, 6) is 0.960. The maximum Gasteiger partial charge on any atom is 0.287 e. The fourth-order valence-corrected chi connectivity index (χ4v) is 3.05. The van der Waals surface area contributed by atoms with E-state index < -0.39 is 0 Å². The lowest BCUT2D eigenvalue weighted by atomic mass is 10.1. The monoisotopic (exact) mass is 341 g/mol. The third kappa shape index (κ3) is 4.94. The number of carbonyl (C=O) groups is 1. The summed E-state index contributed by atoms with van der Waals surface area (Å²) in [6.45, 7) is 8.12. The van der Waals surface area contributed by atoms with Gasteiger partial charge in [-0.1, -0.05) is 31.2 Å². The largest absolute Gasteiger partial charge is 0.451 e. The lowest BCUT2D eigenvalue weighted by Gasteiger charge is -2.26. The Bertz CT molecular complexity index is 673. The molecule has 5 nitrogen and oxygen atoms in total. The SMILES string of the molecule is CCc1ccc(-c2ccc(C(=O)NCCCN3CCNCC3)o2)cc1. The summed E-state index contributed by atoms with van der Waals surface area (Å²) in [6.07, 6.45) is 1.97. The topological polar surface area (TPSA) is 57.5 Å². The Balaban J connectivity index is 1.46. The van der Waals surface area contributed by atoms with Crippen LogP contribution in [-0.4, -0.2) is 50.1 Å². The minimum absolute atomic E-state index is 0.142. The highest BCUT2D eigenvalue weighted by Crippen LogP contribution is 2.22. The Kier molecular flexibility index (Phi) is 6.25. The van der Waals surface area contributed by atoms with E-state index in [0.29, 0.717) is 12.3 Å². The molecule has 1 aliphatic heterocycles. The molecule has 0 aliphatic carbocycles. The molecule has 3 rings (SSSR count). The van der Waals surface area contributed by atoms with E-state index in [4.69, 9.17) is 4.42 Å². The van der Waals surface area contributed by atoms with Crippen LogP contribution in [0.3, 0.4) is 0 Å². The number of aryl methyl sites for hydroxylation is 1. The van der Waals surface area contributed by atoms with Crippen molar-refractivity contribution >= 4 is 5.91 Å². The minimum Gasteiger partial charge on any atom is -0.451 e. The van der Waals surface area contributed by atoms with Gasteiger partial charge in [-0.2, -0.15) is 0 Å². The molecule has 0 saturated carbocycles. The van der Waals surface area contributed by atoms with Gasteiger partial charge in [-0.25, -0.2) is 0 Å². The number of hydrogen-bond donors (Lipinski definition) is 2. The number of nitrogens with zero attached hydrogens (tertiary/aromatic N) is 1. The summed E-state index contributed by atoms with van der Waals surface area (Å²) >= 11 is 0. The number of benzene rings is 1. The van der Waals surface area contributed by atoms with E-state index in [2.05, 4.69) is 34.6 Å². The predicted octanol–water partition coefficient (Wildman–Crippen LogP) is 2.53. The van der Waals surface area contributed by atoms with Crippen LogP contribution in [0.25, 0.3) is 11.3 Å². The molecule has 0 unspecified atom stereocenters. The number of carbonyl (C=O) groups excluding carboxylic acids is 1. The van der Waals surface area contributed by atoms with E-state index in [9.17, 15) is 4.79 Å². The fraction of sp³-hybridized carbons (Fsp3) is 0.450. The second-order valence-corrected chi connectivity index (χ2v) is 6.42. The van der Waals surface area contributed by atoms with Gasteiger partial charge in [-0.3, -0.25) is 4.79 Å². The first kappa shape index (κ1) is 17.7. The van der Waals surface area contributed by atoms with Crippen molar-refractivity contribution in [3.8, 4) is 11.3 Å². The molecule has 0 radical (unpaired) electrons. The van der Waals surface area contributed by atoms with E-state index in [-0.39, 0.29) is 5.91 Å². The smallest absolute Gasteiger partial charge is 0.287 e. The van der Waals surface area contributed by atoms with E-state index in [1.165, 1.54) is 5.56 Å². The molecular weight excluding hydrogens is 314 g/mol. The van der Waals surface area contributed by atoms with Crippen LogP contribution in [-0.2, 0) is 6.42 Å². The molecular formula is C20H27N3O2. The molecule has 134 valence electrons. The average molecular weight is 341 g/mol. The van der Waals surface area contributed by atoms with Gasteiger partial charge in [-0.15, -0.1) is 0 Å². The van der Waals surface area contributed by atoms with Crippen LogP contribution >= 0.6 is 0 Å². The van der Waals surface area contributed by atoms with Crippen molar-refractivity contribution in [2.45, 2.75) is 19.8 Å². The van der Waals surface area contributed by atoms with Crippen LogP contribution < -0.4 is 10.6 Å². The second kappa shape index (κ2) is 8.83. The first-order valence-corrected chi connectivity index (χ1v) is 9.16. The maximum atomic E-state index is 12.2. The molecule has 2 aromatic rings. The van der Waals surface area contributed by atoms with Crippen molar-refractivity contribution < 1.29 is 9.21 Å². The summed E-state index contributed by atoms with van der Waals surface area (Å²) in [7, 11) is 0. The number of amides is 1. The normalized spacial score (nSPS) is 15.2. The van der Waals surface area contributed by atoms with Gasteiger partial charge < -0.3 is 20.0 Å². The van der Waals surface area contributed by atoms with E-state index in [1.807, 2.05) is 18.2 Å². The predicted molar refractivity (Wildman–Crippen MR) is 99.8 cm³/mol. The summed E-state index contributed by atoms with van der Waals surface area (Å²) in [4.78, 5) is 14.6. The lowest BCUT2D eigenvalue weighted by molar-refractivity contribution is 0.0924. The molecule has 0 bridgehead atoms. The second-order valence-electron chi connectivity index (χ2n) is 6.42. The van der Waals surface area contributed by atoms with E-state index in [1.54, 1.807) is 6.07 Å². The van der Waals surface area contributed by atoms with Crippen molar-refractivity contribution in [1.29, 1.82) is 0 Å². The Morgan fingerprint density at radius 2 is 1.92 bits per heavy atom. The van der Waals surface area contributed by atoms with Gasteiger partial charge in [-0.05, 0) is 37.1 Å². The highest BCUT2D eigenvalue weighted by Gasteiger charge is 2.13. The van der Waals surface area contributed by atoms with Crippen molar-refractivity contribution in [3.05, 3.63) is 47.7 Å². The molecule has 1 saturated heterocycles. The van der Waals surface area contributed by atoms with Crippen LogP contribution in [0, 0.1) is 0 Å². The molecule has 1 amide bonds. The van der Waals surface area contributed by atoms with Gasteiger partial charge in [0, 0.05) is 38.3 Å². The lowest BCUT2D eigenvalue weighted by Crippen LogP contribution is -2.44. The highest BCUT2D eigenvalue weighted by molar-refractivity contribution is 5.92. The molecule has 1 aliphatic rings. The molecule has 5 heteroatoms. The maximum absolute atomic E-state index is 12.2. The number of rotatable bonds is 7. The van der Waals surface area contributed by atoms with Crippen LogP contribution in [0.1, 0.15) is 29.5 Å². The summed E-state index contributed by atoms with van der Waals surface area (Å²) in [5.41, 5.74) is 2.28. The molecule has 2 N–H and O–H groups in total. The van der Waals surface area contributed by atoms with Crippen molar-refractivity contribution in [2.24, 2.45) is 0 Å². The zero-order valence-corrected chi connectivity index (χ0v) is 14.9. The quantitative estimate of drug-likeness (QED) is 0.760. The fourth-order valence-electron chi connectivity index (χ4n) is 3.05. The van der Waals surface area contributed by atoms with Gasteiger partial charge in [0.2, 0.25) is 0 Å². The number of hydrogen-bond acceptors (Lipinski definition) is 4. The summed E-state index contributed by atoms with van der Waals surface area (Å²) in [5, 5.41) is 6.29. The Morgan fingerprint density at radius 1 is 1.16 bits per heavy atom. The van der Waals surface area contributed by atoms with Gasteiger partial charge >= 0.3 is 0 Å². The van der Waals surface area contributed by atoms with E-state index in [0.717, 1.165) is 56.9 Å². The Labute approximate surface area is 149 Å². The third-order valence-corrected chi connectivity index (χ3v) is 4.62. The zero-order valence-electron chi connectivity index (χ0n) is 14.9. The molecule has 1 aromatic heterocycles. The average Bonchev–Trinajstić information content (AvgIpc) is 3.16. The van der Waals surface area contributed by atoms with Gasteiger partial charge in [0.25, 0.3) is 5.91 Å². The molecule has 0 atom stereocenters. The van der Waals surface area contributed by atoms with E-state index >= 15 is 0 Å². The zero-order chi connectivity index (χ0) is 17.5. The number of nitrogens with one attached hydrogen (secondary N) is 2. The Morgan fingerprint density at radius 3 is 2.64 bits per heavy atom. The minimum atomic E-state index is -0.142. The number of piperazine rings is 1.